The molecule has 2 aromatic carbocycles. The Morgan fingerprint density at radius 1 is 1.05 bits per heavy atom. The van der Waals surface area contributed by atoms with Crippen LogP contribution in [0.1, 0.15) is 5.56 Å². The van der Waals surface area contributed by atoms with E-state index in [1.165, 1.54) is 12.1 Å². The highest BCUT2D eigenvalue weighted by atomic mass is 79.9. The van der Waals surface area contributed by atoms with Crippen LogP contribution in [0.25, 0.3) is 0 Å². The molecule has 4 nitrogen and oxygen atoms in total. The Balaban J connectivity index is 2.38. The number of nitrogens with zero attached hydrogens (tertiary/aromatic N) is 1. The molecule has 2 rings (SSSR count). The Morgan fingerprint density at radius 3 is 2.32 bits per heavy atom. The summed E-state index contributed by atoms with van der Waals surface area (Å²) in [6, 6.07) is 14.7. The first-order valence-corrected chi connectivity index (χ1v) is 7.58. The largest absolute Gasteiger partial charge is 0.280 e. The van der Waals surface area contributed by atoms with E-state index >= 15 is 0 Å². The van der Waals surface area contributed by atoms with Crippen molar-refractivity contribution in [2.24, 2.45) is 0 Å². The number of nitrogens with one attached hydrogen (secondary N) is 1. The summed E-state index contributed by atoms with van der Waals surface area (Å²) in [6.45, 7) is 0. The molecule has 0 saturated heterocycles. The standard InChI is InChI=1S/C13H9BrN2O2S/c14-11-5-7-12(8-6-11)16-19(17,18)13-4-2-1-3-10(13)9-15/h1-8,16H. The van der Waals surface area contributed by atoms with Gasteiger partial charge in [0.2, 0.25) is 0 Å². The van der Waals surface area contributed by atoms with Gasteiger partial charge in [0.05, 0.1) is 5.56 Å². The maximum Gasteiger partial charge on any atom is 0.263 e. The molecule has 0 unspecified atom stereocenters. The van der Waals surface area contributed by atoms with Gasteiger partial charge < -0.3 is 0 Å². The minimum Gasteiger partial charge on any atom is -0.280 e. The van der Waals surface area contributed by atoms with Crippen LogP contribution in [0, 0.1) is 11.3 Å². The van der Waals surface area contributed by atoms with E-state index in [2.05, 4.69) is 20.7 Å². The SMILES string of the molecule is N#Cc1ccccc1S(=O)(=O)Nc1ccc(Br)cc1. The molecular weight excluding hydrogens is 328 g/mol. The molecule has 0 atom stereocenters. The van der Waals surface area contributed by atoms with Crippen molar-refractivity contribution in [3.05, 3.63) is 58.6 Å². The topological polar surface area (TPSA) is 70.0 Å². The van der Waals surface area contributed by atoms with E-state index in [0.717, 1.165) is 4.47 Å². The molecule has 0 aliphatic heterocycles. The number of hydrogen-bond acceptors (Lipinski definition) is 3. The number of anilines is 1. The average Bonchev–Trinajstić information content (AvgIpc) is 2.41. The van der Waals surface area contributed by atoms with Crippen molar-refractivity contribution in [2.75, 3.05) is 4.72 Å². The molecule has 96 valence electrons. The monoisotopic (exact) mass is 336 g/mol. The molecule has 0 aromatic heterocycles. The zero-order valence-corrected chi connectivity index (χ0v) is 12.1. The van der Waals surface area contributed by atoms with Crippen molar-refractivity contribution >= 4 is 31.6 Å². The van der Waals surface area contributed by atoms with E-state index in [9.17, 15) is 8.42 Å². The van der Waals surface area contributed by atoms with Crippen molar-refractivity contribution in [3.8, 4) is 6.07 Å². The number of halogens is 1. The summed E-state index contributed by atoms with van der Waals surface area (Å²) in [5.41, 5.74) is 0.558. The van der Waals surface area contributed by atoms with Crippen LogP contribution >= 0.6 is 15.9 Å². The van der Waals surface area contributed by atoms with E-state index in [4.69, 9.17) is 5.26 Å². The van der Waals surface area contributed by atoms with Crippen molar-refractivity contribution in [3.63, 3.8) is 0 Å². The minimum atomic E-state index is -3.76. The van der Waals surface area contributed by atoms with Gasteiger partial charge in [-0.2, -0.15) is 5.26 Å². The fourth-order valence-electron chi connectivity index (χ4n) is 1.52. The predicted octanol–water partition coefficient (Wildman–Crippen LogP) is 3.12. The summed E-state index contributed by atoms with van der Waals surface area (Å²) in [4.78, 5) is -0.0274. The lowest BCUT2D eigenvalue weighted by Gasteiger charge is -2.09. The van der Waals surface area contributed by atoms with Gasteiger partial charge in [-0.05, 0) is 36.4 Å². The van der Waals surface area contributed by atoms with E-state index in [1.807, 2.05) is 6.07 Å². The zero-order chi connectivity index (χ0) is 13.9. The molecule has 0 spiro atoms. The number of sulfonamides is 1. The summed E-state index contributed by atoms with van der Waals surface area (Å²) >= 11 is 3.27. The zero-order valence-electron chi connectivity index (χ0n) is 9.67. The summed E-state index contributed by atoms with van der Waals surface area (Å²) < 4.78 is 27.7. The minimum absolute atomic E-state index is 0.0274. The molecule has 1 N–H and O–H groups in total. The van der Waals surface area contributed by atoms with Gasteiger partial charge in [-0.3, -0.25) is 4.72 Å². The summed E-state index contributed by atoms with van der Waals surface area (Å²) in [7, 11) is -3.76. The molecule has 0 radical (unpaired) electrons. The molecule has 0 bridgehead atoms. The molecule has 2 aromatic rings. The van der Waals surface area contributed by atoms with Crippen LogP contribution in [0.2, 0.25) is 0 Å². The van der Waals surface area contributed by atoms with Crippen molar-refractivity contribution in [1.82, 2.24) is 0 Å². The van der Waals surface area contributed by atoms with Crippen LogP contribution in [0.15, 0.2) is 57.9 Å². The lowest BCUT2D eigenvalue weighted by atomic mass is 10.2. The molecule has 0 saturated carbocycles. The smallest absolute Gasteiger partial charge is 0.263 e. The third kappa shape index (κ3) is 3.13. The van der Waals surface area contributed by atoms with E-state index < -0.39 is 10.0 Å². The summed E-state index contributed by atoms with van der Waals surface area (Å²) in [5.74, 6) is 0. The second-order valence-corrected chi connectivity index (χ2v) is 6.29. The maximum absolute atomic E-state index is 12.2. The van der Waals surface area contributed by atoms with Crippen molar-refractivity contribution in [2.45, 2.75) is 4.90 Å². The normalized spacial score (nSPS) is 10.7. The van der Waals surface area contributed by atoms with Crippen molar-refractivity contribution in [1.29, 1.82) is 5.26 Å². The molecule has 0 aliphatic rings. The van der Waals surface area contributed by atoms with Gasteiger partial charge in [0, 0.05) is 10.2 Å². The Hall–Kier alpha value is -1.84. The molecular formula is C13H9BrN2O2S. The fourth-order valence-corrected chi connectivity index (χ4v) is 3.00. The Morgan fingerprint density at radius 2 is 1.68 bits per heavy atom. The number of hydrogen-bond donors (Lipinski definition) is 1. The highest BCUT2D eigenvalue weighted by Crippen LogP contribution is 2.20. The second kappa shape index (κ2) is 5.43. The number of benzene rings is 2. The van der Waals surface area contributed by atoms with Crippen LogP contribution in [-0.4, -0.2) is 8.42 Å². The predicted molar refractivity (Wildman–Crippen MR) is 76.1 cm³/mol. The Kier molecular flexibility index (Phi) is 3.88. The molecule has 6 heteroatoms. The number of nitriles is 1. The quantitative estimate of drug-likeness (QED) is 0.935. The van der Waals surface area contributed by atoms with Gasteiger partial charge in [-0.25, -0.2) is 8.42 Å². The van der Waals surface area contributed by atoms with Crippen LogP contribution in [-0.2, 0) is 10.0 Å². The van der Waals surface area contributed by atoms with Crippen LogP contribution < -0.4 is 4.72 Å². The van der Waals surface area contributed by atoms with E-state index in [-0.39, 0.29) is 10.5 Å². The third-order valence-corrected chi connectivity index (χ3v) is 4.36. The van der Waals surface area contributed by atoms with Crippen LogP contribution in [0.4, 0.5) is 5.69 Å². The molecule has 0 aliphatic carbocycles. The lowest BCUT2D eigenvalue weighted by molar-refractivity contribution is 0.601. The Bertz CT molecular complexity index is 734. The third-order valence-electron chi connectivity index (χ3n) is 2.39. The van der Waals surface area contributed by atoms with E-state index in [0.29, 0.717) is 5.69 Å². The van der Waals surface area contributed by atoms with Gasteiger partial charge in [0.15, 0.2) is 0 Å². The van der Waals surface area contributed by atoms with Gasteiger partial charge >= 0.3 is 0 Å². The Labute approximate surface area is 119 Å². The van der Waals surface area contributed by atoms with Gasteiger partial charge in [-0.1, -0.05) is 28.1 Å². The first kappa shape index (κ1) is 13.6. The number of rotatable bonds is 3. The van der Waals surface area contributed by atoms with Gasteiger partial charge in [0.1, 0.15) is 11.0 Å². The first-order valence-electron chi connectivity index (χ1n) is 5.30. The van der Waals surface area contributed by atoms with Crippen LogP contribution in [0.5, 0.6) is 0 Å². The fraction of sp³-hybridized carbons (Fsp3) is 0. The maximum atomic E-state index is 12.2. The van der Waals surface area contributed by atoms with Crippen LogP contribution in [0.3, 0.4) is 0 Å². The summed E-state index contributed by atoms with van der Waals surface area (Å²) in [6.07, 6.45) is 0. The first-order chi connectivity index (χ1) is 9.03. The highest BCUT2D eigenvalue weighted by Gasteiger charge is 2.17. The molecule has 0 amide bonds. The van der Waals surface area contributed by atoms with Gasteiger partial charge in [-0.15, -0.1) is 0 Å². The lowest BCUT2D eigenvalue weighted by Crippen LogP contribution is -2.14. The molecule has 19 heavy (non-hydrogen) atoms. The van der Waals surface area contributed by atoms with E-state index in [1.54, 1.807) is 36.4 Å². The van der Waals surface area contributed by atoms with Gasteiger partial charge in [0.25, 0.3) is 10.0 Å². The van der Waals surface area contributed by atoms with Crippen molar-refractivity contribution < 1.29 is 8.42 Å². The molecule has 0 heterocycles. The molecule has 0 fully saturated rings. The second-order valence-electron chi connectivity index (χ2n) is 3.72. The highest BCUT2D eigenvalue weighted by molar-refractivity contribution is 9.10. The average molecular weight is 337 g/mol. The summed E-state index contributed by atoms with van der Waals surface area (Å²) in [5, 5.41) is 8.94.